The second-order valence-corrected chi connectivity index (χ2v) is 5.63. The molecule has 0 fully saturated rings. The summed E-state index contributed by atoms with van der Waals surface area (Å²) in [6.07, 6.45) is 3.92. The number of pyridine rings is 1. The molecule has 1 aromatic heterocycles. The number of nitrogens with one attached hydrogen (secondary N) is 2. The van der Waals surface area contributed by atoms with Crippen LogP contribution in [0.2, 0.25) is 0 Å². The van der Waals surface area contributed by atoms with Crippen molar-refractivity contribution in [1.82, 2.24) is 15.0 Å². The van der Waals surface area contributed by atoms with Gasteiger partial charge in [0.2, 0.25) is 10.0 Å². The number of aromatic nitrogens is 1. The predicted octanol–water partition coefficient (Wildman–Crippen LogP) is 0.501. The molecule has 5 nitrogen and oxygen atoms in total. The second kappa shape index (κ2) is 7.37. The van der Waals surface area contributed by atoms with E-state index in [1.165, 1.54) is 0 Å². The van der Waals surface area contributed by atoms with Gasteiger partial charge in [0.25, 0.3) is 0 Å². The number of nitrogens with zero attached hydrogens (tertiary/aromatic N) is 1. The summed E-state index contributed by atoms with van der Waals surface area (Å²) in [7, 11) is -3.17. The first-order valence-electron chi connectivity index (χ1n) is 5.71. The molecular formula is C11H19N3O2S. The van der Waals surface area contributed by atoms with Crippen LogP contribution in [-0.2, 0) is 16.6 Å². The van der Waals surface area contributed by atoms with E-state index in [9.17, 15) is 8.42 Å². The summed E-state index contributed by atoms with van der Waals surface area (Å²) in [5.41, 5.74) is 0.912. The van der Waals surface area contributed by atoms with Crippen LogP contribution < -0.4 is 10.0 Å². The lowest BCUT2D eigenvalue weighted by Crippen LogP contribution is -2.28. The highest BCUT2D eigenvalue weighted by atomic mass is 32.2. The molecule has 0 aliphatic carbocycles. The Labute approximate surface area is 103 Å². The number of hydrogen-bond donors (Lipinski definition) is 2. The molecule has 96 valence electrons. The Kier molecular flexibility index (Phi) is 6.10. The third kappa shape index (κ3) is 6.35. The topological polar surface area (TPSA) is 71.1 Å². The minimum Gasteiger partial charge on any atom is -0.317 e. The first-order chi connectivity index (χ1) is 8.14. The first kappa shape index (κ1) is 14.1. The van der Waals surface area contributed by atoms with E-state index in [4.69, 9.17) is 0 Å². The van der Waals surface area contributed by atoms with Crippen molar-refractivity contribution in [2.24, 2.45) is 0 Å². The van der Waals surface area contributed by atoms with Crippen LogP contribution in [0.5, 0.6) is 0 Å². The van der Waals surface area contributed by atoms with Gasteiger partial charge < -0.3 is 5.32 Å². The van der Waals surface area contributed by atoms with Crippen LogP contribution in [0.3, 0.4) is 0 Å². The largest absolute Gasteiger partial charge is 0.317 e. The maximum absolute atomic E-state index is 11.6. The number of sulfonamides is 1. The number of hydrogen-bond acceptors (Lipinski definition) is 4. The average Bonchev–Trinajstić information content (AvgIpc) is 2.34. The van der Waals surface area contributed by atoms with Crippen LogP contribution in [-0.4, -0.2) is 32.2 Å². The second-order valence-electron chi connectivity index (χ2n) is 3.70. The van der Waals surface area contributed by atoms with Gasteiger partial charge in [-0.2, -0.15) is 0 Å². The lowest BCUT2D eigenvalue weighted by molar-refractivity contribution is 0.575. The van der Waals surface area contributed by atoms with E-state index in [1.54, 1.807) is 24.5 Å². The monoisotopic (exact) mass is 257 g/mol. The minimum absolute atomic E-state index is 0.158. The van der Waals surface area contributed by atoms with Gasteiger partial charge in [-0.3, -0.25) is 4.98 Å². The van der Waals surface area contributed by atoms with E-state index in [0.717, 1.165) is 18.7 Å². The van der Waals surface area contributed by atoms with E-state index in [-0.39, 0.29) is 5.75 Å². The molecule has 0 aromatic carbocycles. The van der Waals surface area contributed by atoms with Gasteiger partial charge in [0.1, 0.15) is 0 Å². The molecule has 0 saturated carbocycles. The van der Waals surface area contributed by atoms with E-state index in [0.29, 0.717) is 13.0 Å². The van der Waals surface area contributed by atoms with Crippen molar-refractivity contribution in [2.75, 3.05) is 18.8 Å². The van der Waals surface area contributed by atoms with E-state index >= 15 is 0 Å². The Bertz CT molecular complexity index is 406. The highest BCUT2D eigenvalue weighted by Gasteiger charge is 2.08. The lowest BCUT2D eigenvalue weighted by atomic mass is 10.3. The van der Waals surface area contributed by atoms with Gasteiger partial charge in [-0.15, -0.1) is 0 Å². The van der Waals surface area contributed by atoms with Gasteiger partial charge >= 0.3 is 0 Å². The molecule has 0 bridgehead atoms. The number of rotatable bonds is 8. The van der Waals surface area contributed by atoms with Crippen molar-refractivity contribution in [1.29, 1.82) is 0 Å². The van der Waals surface area contributed by atoms with Crippen molar-refractivity contribution >= 4 is 10.0 Å². The van der Waals surface area contributed by atoms with E-state index in [2.05, 4.69) is 15.0 Å². The fourth-order valence-corrected chi connectivity index (χ4v) is 2.39. The molecule has 0 unspecified atom stereocenters. The van der Waals surface area contributed by atoms with Gasteiger partial charge in [0, 0.05) is 18.9 Å². The molecule has 6 heteroatoms. The summed E-state index contributed by atoms with van der Waals surface area (Å²) >= 11 is 0. The third-order valence-electron chi connectivity index (χ3n) is 2.26. The van der Waals surface area contributed by atoms with Gasteiger partial charge in [-0.25, -0.2) is 13.1 Å². The SMILES string of the molecule is CCNCCCS(=O)(=O)NCc1ccncc1. The zero-order valence-electron chi connectivity index (χ0n) is 10.0. The summed E-state index contributed by atoms with van der Waals surface area (Å²) in [6.45, 7) is 3.92. The zero-order valence-corrected chi connectivity index (χ0v) is 10.8. The molecule has 0 amide bonds. The van der Waals surface area contributed by atoms with Crippen molar-refractivity contribution < 1.29 is 8.42 Å². The molecule has 0 saturated heterocycles. The van der Waals surface area contributed by atoms with Crippen LogP contribution in [0.1, 0.15) is 18.9 Å². The van der Waals surface area contributed by atoms with Crippen molar-refractivity contribution in [3.8, 4) is 0 Å². The predicted molar refractivity (Wildman–Crippen MR) is 68.0 cm³/mol. The molecule has 0 atom stereocenters. The highest BCUT2D eigenvalue weighted by Crippen LogP contribution is 1.97. The van der Waals surface area contributed by atoms with Crippen molar-refractivity contribution in [2.45, 2.75) is 19.9 Å². The van der Waals surface area contributed by atoms with Crippen LogP contribution >= 0.6 is 0 Å². The molecular weight excluding hydrogens is 238 g/mol. The fraction of sp³-hybridized carbons (Fsp3) is 0.545. The minimum atomic E-state index is -3.17. The van der Waals surface area contributed by atoms with Crippen LogP contribution in [0, 0.1) is 0 Å². The zero-order chi connectivity index (χ0) is 12.6. The van der Waals surface area contributed by atoms with Crippen molar-refractivity contribution in [3.63, 3.8) is 0 Å². The van der Waals surface area contributed by atoms with Gasteiger partial charge in [0.15, 0.2) is 0 Å². The van der Waals surface area contributed by atoms with Crippen LogP contribution in [0.15, 0.2) is 24.5 Å². The smallest absolute Gasteiger partial charge is 0.211 e. The third-order valence-corrected chi connectivity index (χ3v) is 3.67. The molecule has 1 heterocycles. The molecule has 0 aliphatic rings. The molecule has 0 aliphatic heterocycles. The van der Waals surface area contributed by atoms with Gasteiger partial charge in [-0.1, -0.05) is 6.92 Å². The lowest BCUT2D eigenvalue weighted by Gasteiger charge is -2.06. The van der Waals surface area contributed by atoms with Crippen molar-refractivity contribution in [3.05, 3.63) is 30.1 Å². The standard InChI is InChI=1S/C11H19N3O2S/c1-2-12-6-3-9-17(15,16)14-10-11-4-7-13-8-5-11/h4-5,7-8,12,14H,2-3,6,9-10H2,1H3. The highest BCUT2D eigenvalue weighted by molar-refractivity contribution is 7.89. The summed E-state index contributed by atoms with van der Waals surface area (Å²) in [6, 6.07) is 3.59. The quantitative estimate of drug-likeness (QED) is 0.665. The van der Waals surface area contributed by atoms with Gasteiger partial charge in [0.05, 0.1) is 5.75 Å². The summed E-state index contributed by atoms with van der Waals surface area (Å²) in [5, 5.41) is 3.09. The summed E-state index contributed by atoms with van der Waals surface area (Å²) in [4.78, 5) is 3.87. The Balaban J connectivity index is 2.30. The Morgan fingerprint density at radius 2 is 2.00 bits per heavy atom. The molecule has 17 heavy (non-hydrogen) atoms. The fourth-order valence-electron chi connectivity index (χ4n) is 1.33. The van der Waals surface area contributed by atoms with E-state index < -0.39 is 10.0 Å². The molecule has 1 rings (SSSR count). The Hall–Kier alpha value is -0.980. The summed E-state index contributed by atoms with van der Waals surface area (Å²) < 4.78 is 25.8. The van der Waals surface area contributed by atoms with Crippen LogP contribution in [0.4, 0.5) is 0 Å². The first-order valence-corrected chi connectivity index (χ1v) is 7.36. The maximum atomic E-state index is 11.6. The molecule has 0 spiro atoms. The van der Waals surface area contributed by atoms with Gasteiger partial charge in [-0.05, 0) is 37.2 Å². The Morgan fingerprint density at radius 3 is 2.65 bits per heavy atom. The molecule has 0 radical (unpaired) electrons. The normalized spacial score (nSPS) is 11.6. The van der Waals surface area contributed by atoms with Crippen LogP contribution in [0.25, 0.3) is 0 Å². The molecule has 2 N–H and O–H groups in total. The summed E-state index contributed by atoms with van der Waals surface area (Å²) in [5.74, 6) is 0.158. The van der Waals surface area contributed by atoms with E-state index in [1.807, 2.05) is 6.92 Å². The Morgan fingerprint density at radius 1 is 1.29 bits per heavy atom. The maximum Gasteiger partial charge on any atom is 0.211 e. The average molecular weight is 257 g/mol. The molecule has 1 aromatic rings.